The zero-order valence-corrected chi connectivity index (χ0v) is 10.6. The molecule has 1 aromatic carbocycles. The molecule has 0 bridgehead atoms. The van der Waals surface area contributed by atoms with Crippen molar-refractivity contribution in [1.82, 2.24) is 9.97 Å². The van der Waals surface area contributed by atoms with Crippen molar-refractivity contribution in [2.24, 2.45) is 0 Å². The molecular formula is C13H11N3OS. The van der Waals surface area contributed by atoms with Crippen molar-refractivity contribution < 1.29 is 4.79 Å². The van der Waals surface area contributed by atoms with Crippen LogP contribution in [-0.4, -0.2) is 22.9 Å². The van der Waals surface area contributed by atoms with Crippen LogP contribution in [0, 0.1) is 0 Å². The molecule has 5 heteroatoms. The Labute approximate surface area is 108 Å². The predicted molar refractivity (Wildman–Crippen MR) is 73.1 cm³/mol. The highest BCUT2D eigenvalue weighted by molar-refractivity contribution is 7.11. The van der Waals surface area contributed by atoms with E-state index in [0.717, 1.165) is 16.6 Å². The second-order valence-corrected chi connectivity index (χ2v) is 4.87. The number of hydrogen-bond donors (Lipinski definition) is 1. The molecule has 90 valence electrons. The van der Waals surface area contributed by atoms with Crippen molar-refractivity contribution in [2.75, 3.05) is 11.9 Å². The molecule has 3 aromatic rings. The average Bonchev–Trinajstić information content (AvgIpc) is 3.06. The van der Waals surface area contributed by atoms with Gasteiger partial charge in [-0.25, -0.2) is 0 Å². The lowest BCUT2D eigenvalue weighted by Crippen LogP contribution is -2.25. The number of fused-ring (bicyclic) bond motifs is 1. The standard InChI is InChI=1S/C13H11N3OS/c1-16(13(17)12-7-14-8-18-12)10-2-3-11-9(6-10)4-5-15-11/h2-8,15H,1H3. The Morgan fingerprint density at radius 1 is 1.39 bits per heavy atom. The van der Waals surface area contributed by atoms with E-state index >= 15 is 0 Å². The summed E-state index contributed by atoms with van der Waals surface area (Å²) < 4.78 is 0. The maximum absolute atomic E-state index is 12.2. The molecule has 0 saturated carbocycles. The smallest absolute Gasteiger partial charge is 0.269 e. The topological polar surface area (TPSA) is 49.0 Å². The molecule has 2 heterocycles. The summed E-state index contributed by atoms with van der Waals surface area (Å²) in [6, 6.07) is 7.88. The lowest BCUT2D eigenvalue weighted by molar-refractivity contribution is 0.0996. The van der Waals surface area contributed by atoms with Crippen molar-refractivity contribution in [3.05, 3.63) is 47.0 Å². The fourth-order valence-electron chi connectivity index (χ4n) is 1.85. The number of H-pyrrole nitrogens is 1. The number of carbonyl (C=O) groups is 1. The second kappa shape index (κ2) is 4.27. The summed E-state index contributed by atoms with van der Waals surface area (Å²) in [5.41, 5.74) is 3.61. The molecule has 1 N–H and O–H groups in total. The molecule has 0 aliphatic rings. The molecule has 0 saturated heterocycles. The third kappa shape index (κ3) is 1.78. The highest BCUT2D eigenvalue weighted by Gasteiger charge is 2.15. The molecule has 18 heavy (non-hydrogen) atoms. The average molecular weight is 257 g/mol. The van der Waals surface area contributed by atoms with Gasteiger partial charge < -0.3 is 9.88 Å². The summed E-state index contributed by atoms with van der Waals surface area (Å²) in [5, 5.41) is 1.09. The number of amides is 1. The number of anilines is 1. The van der Waals surface area contributed by atoms with Gasteiger partial charge in [0.25, 0.3) is 5.91 Å². The number of rotatable bonds is 2. The molecule has 0 spiro atoms. The Morgan fingerprint density at radius 2 is 2.28 bits per heavy atom. The van der Waals surface area contributed by atoms with Crippen LogP contribution in [0.15, 0.2) is 42.2 Å². The number of nitrogens with one attached hydrogen (secondary N) is 1. The van der Waals surface area contributed by atoms with Crippen molar-refractivity contribution in [1.29, 1.82) is 0 Å². The highest BCUT2D eigenvalue weighted by Crippen LogP contribution is 2.22. The summed E-state index contributed by atoms with van der Waals surface area (Å²) in [6.07, 6.45) is 3.48. The molecule has 3 rings (SSSR count). The van der Waals surface area contributed by atoms with Crippen LogP contribution in [0.2, 0.25) is 0 Å². The first-order valence-corrected chi connectivity index (χ1v) is 6.37. The molecular weight excluding hydrogens is 246 g/mol. The van der Waals surface area contributed by atoms with Crippen LogP contribution in [0.5, 0.6) is 0 Å². The zero-order chi connectivity index (χ0) is 12.5. The van der Waals surface area contributed by atoms with E-state index in [2.05, 4.69) is 9.97 Å². The van der Waals surface area contributed by atoms with Crippen LogP contribution in [0.3, 0.4) is 0 Å². The molecule has 0 radical (unpaired) electrons. The number of aromatic amines is 1. The van der Waals surface area contributed by atoms with E-state index < -0.39 is 0 Å². The lowest BCUT2D eigenvalue weighted by atomic mass is 10.2. The van der Waals surface area contributed by atoms with Crippen LogP contribution in [0.4, 0.5) is 5.69 Å². The predicted octanol–water partition coefficient (Wildman–Crippen LogP) is 2.90. The molecule has 2 aromatic heterocycles. The Hall–Kier alpha value is -2.14. The number of thiazole rings is 1. The molecule has 0 atom stereocenters. The Balaban J connectivity index is 1.96. The van der Waals surface area contributed by atoms with Gasteiger partial charge in [0.15, 0.2) is 0 Å². The van der Waals surface area contributed by atoms with Gasteiger partial charge in [-0.3, -0.25) is 9.78 Å². The van der Waals surface area contributed by atoms with E-state index in [1.807, 2.05) is 30.5 Å². The van der Waals surface area contributed by atoms with Gasteiger partial charge in [0, 0.05) is 29.8 Å². The molecule has 4 nitrogen and oxygen atoms in total. The highest BCUT2D eigenvalue weighted by atomic mass is 32.1. The van der Waals surface area contributed by atoms with Crippen LogP contribution in [0.1, 0.15) is 9.67 Å². The van der Waals surface area contributed by atoms with Crippen LogP contribution >= 0.6 is 11.3 Å². The van der Waals surface area contributed by atoms with Crippen molar-refractivity contribution in [3.63, 3.8) is 0 Å². The summed E-state index contributed by atoms with van der Waals surface area (Å²) >= 11 is 1.35. The fraction of sp³-hybridized carbons (Fsp3) is 0.0769. The first-order chi connectivity index (χ1) is 8.75. The summed E-state index contributed by atoms with van der Waals surface area (Å²) in [5.74, 6) is -0.0348. The van der Waals surface area contributed by atoms with Crippen LogP contribution in [-0.2, 0) is 0 Å². The number of aromatic nitrogens is 2. The fourth-order valence-corrected chi connectivity index (χ4v) is 2.45. The Bertz CT molecular complexity index is 687. The van der Waals surface area contributed by atoms with E-state index in [4.69, 9.17) is 0 Å². The van der Waals surface area contributed by atoms with Crippen molar-refractivity contribution in [3.8, 4) is 0 Å². The number of nitrogens with zero attached hydrogens (tertiary/aromatic N) is 2. The maximum Gasteiger partial charge on any atom is 0.269 e. The van der Waals surface area contributed by atoms with Crippen LogP contribution in [0.25, 0.3) is 10.9 Å². The van der Waals surface area contributed by atoms with Gasteiger partial charge in [-0.2, -0.15) is 0 Å². The molecule has 0 aliphatic heterocycles. The van der Waals surface area contributed by atoms with Gasteiger partial charge in [0.2, 0.25) is 0 Å². The van der Waals surface area contributed by atoms with Crippen molar-refractivity contribution >= 4 is 33.8 Å². The first kappa shape index (κ1) is 11.0. The first-order valence-electron chi connectivity index (χ1n) is 5.49. The van der Waals surface area contributed by atoms with E-state index in [0.29, 0.717) is 4.88 Å². The molecule has 0 aliphatic carbocycles. The minimum atomic E-state index is -0.0348. The lowest BCUT2D eigenvalue weighted by Gasteiger charge is -2.16. The van der Waals surface area contributed by atoms with E-state index in [1.165, 1.54) is 11.3 Å². The van der Waals surface area contributed by atoms with Gasteiger partial charge in [0.1, 0.15) is 4.88 Å². The quantitative estimate of drug-likeness (QED) is 0.767. The number of hydrogen-bond acceptors (Lipinski definition) is 3. The molecule has 1 amide bonds. The monoisotopic (exact) mass is 257 g/mol. The van der Waals surface area contributed by atoms with E-state index in [-0.39, 0.29) is 5.91 Å². The number of benzene rings is 1. The zero-order valence-electron chi connectivity index (χ0n) is 9.75. The number of carbonyl (C=O) groups excluding carboxylic acids is 1. The summed E-state index contributed by atoms with van der Waals surface area (Å²) in [7, 11) is 1.77. The summed E-state index contributed by atoms with van der Waals surface area (Å²) in [4.78, 5) is 21.5. The Morgan fingerprint density at radius 3 is 3.06 bits per heavy atom. The SMILES string of the molecule is CN(C(=O)c1cncs1)c1ccc2[nH]ccc2c1. The summed E-state index contributed by atoms with van der Waals surface area (Å²) in [6.45, 7) is 0. The molecule has 0 fully saturated rings. The third-order valence-electron chi connectivity index (χ3n) is 2.87. The third-order valence-corrected chi connectivity index (χ3v) is 3.63. The van der Waals surface area contributed by atoms with Gasteiger partial charge in [-0.15, -0.1) is 11.3 Å². The molecule has 0 unspecified atom stereocenters. The normalized spacial score (nSPS) is 10.7. The van der Waals surface area contributed by atoms with Crippen molar-refractivity contribution in [2.45, 2.75) is 0 Å². The second-order valence-electron chi connectivity index (χ2n) is 3.98. The maximum atomic E-state index is 12.2. The van der Waals surface area contributed by atoms with Gasteiger partial charge in [0.05, 0.1) is 11.7 Å². The van der Waals surface area contributed by atoms with E-state index in [1.54, 1.807) is 23.7 Å². The van der Waals surface area contributed by atoms with Gasteiger partial charge in [-0.05, 0) is 24.3 Å². The minimum Gasteiger partial charge on any atom is -0.361 e. The van der Waals surface area contributed by atoms with Gasteiger partial charge >= 0.3 is 0 Å². The Kier molecular flexibility index (Phi) is 2.60. The van der Waals surface area contributed by atoms with Gasteiger partial charge in [-0.1, -0.05) is 0 Å². The van der Waals surface area contributed by atoms with E-state index in [9.17, 15) is 4.79 Å². The minimum absolute atomic E-state index is 0.0348. The van der Waals surface area contributed by atoms with Crippen LogP contribution < -0.4 is 4.90 Å². The largest absolute Gasteiger partial charge is 0.361 e.